The van der Waals surface area contributed by atoms with Gasteiger partial charge in [0.05, 0.1) is 40.5 Å². The maximum atomic E-state index is 13.2. The van der Waals surface area contributed by atoms with Crippen molar-refractivity contribution < 1.29 is 17.9 Å². The van der Waals surface area contributed by atoms with Gasteiger partial charge in [-0.1, -0.05) is 23.9 Å². The minimum absolute atomic E-state index is 0.0391. The first-order valence-corrected chi connectivity index (χ1v) is 12.3. The van der Waals surface area contributed by atoms with E-state index in [1.54, 1.807) is 29.3 Å². The lowest BCUT2D eigenvalue weighted by atomic mass is 10.2. The molecule has 12 heteroatoms. The Labute approximate surface area is 188 Å². The Balaban J connectivity index is 1.66. The summed E-state index contributed by atoms with van der Waals surface area (Å²) < 4.78 is 29.8. The van der Waals surface area contributed by atoms with Crippen LogP contribution in [-0.2, 0) is 19.6 Å². The van der Waals surface area contributed by atoms with Crippen molar-refractivity contribution in [2.75, 3.05) is 32.1 Å². The first-order chi connectivity index (χ1) is 15.3. The summed E-state index contributed by atoms with van der Waals surface area (Å²) in [6.45, 7) is 2.30. The average Bonchev–Trinajstić information content (AvgIpc) is 2.78. The highest BCUT2D eigenvalue weighted by molar-refractivity contribution is 7.99. The van der Waals surface area contributed by atoms with E-state index >= 15 is 0 Å². The van der Waals surface area contributed by atoms with Crippen LogP contribution in [0.1, 0.15) is 0 Å². The van der Waals surface area contributed by atoms with Crippen molar-refractivity contribution >= 4 is 38.6 Å². The molecule has 4 rings (SSSR count). The number of hydrogen-bond acceptors (Lipinski definition) is 8. The van der Waals surface area contributed by atoms with Gasteiger partial charge in [0.1, 0.15) is 0 Å². The summed E-state index contributed by atoms with van der Waals surface area (Å²) in [4.78, 5) is 30.2. The Morgan fingerprint density at radius 1 is 1.12 bits per heavy atom. The third-order valence-electron chi connectivity index (χ3n) is 4.79. The summed E-state index contributed by atoms with van der Waals surface area (Å²) in [7, 11) is -3.87. The van der Waals surface area contributed by atoms with E-state index in [4.69, 9.17) is 9.88 Å². The Hall–Kier alpha value is -2.77. The molecule has 1 aliphatic rings. The molecule has 0 spiro atoms. The summed E-state index contributed by atoms with van der Waals surface area (Å²) in [5.74, 6) is -0.187. The highest BCUT2D eigenvalue weighted by Crippen LogP contribution is 2.22. The third-order valence-corrected chi connectivity index (χ3v) is 6.66. The highest BCUT2D eigenvalue weighted by atomic mass is 32.2. The molecule has 1 saturated heterocycles. The summed E-state index contributed by atoms with van der Waals surface area (Å²) in [5, 5.41) is 7.68. The van der Waals surface area contributed by atoms with Gasteiger partial charge in [-0.25, -0.2) is 23.5 Å². The first-order valence-electron chi connectivity index (χ1n) is 9.73. The summed E-state index contributed by atoms with van der Waals surface area (Å²) >= 11 is 1.12. The fourth-order valence-electron chi connectivity index (χ4n) is 3.24. The van der Waals surface area contributed by atoms with Crippen LogP contribution in [0, 0.1) is 0 Å². The number of sulfonamides is 1. The van der Waals surface area contributed by atoms with Crippen LogP contribution < -0.4 is 16.1 Å². The zero-order chi connectivity index (χ0) is 22.7. The minimum atomic E-state index is -3.87. The molecule has 168 valence electrons. The molecule has 32 heavy (non-hydrogen) atoms. The number of para-hydroxylation sites is 1. The van der Waals surface area contributed by atoms with Gasteiger partial charge in [-0.05, 0) is 36.4 Å². The monoisotopic (exact) mass is 475 g/mol. The van der Waals surface area contributed by atoms with Gasteiger partial charge < -0.3 is 4.74 Å². The molecule has 0 atom stereocenters. The second kappa shape index (κ2) is 9.38. The number of aromatic nitrogens is 2. The molecular weight excluding hydrogens is 454 g/mol. The van der Waals surface area contributed by atoms with Gasteiger partial charge in [-0.2, -0.15) is 0 Å². The van der Waals surface area contributed by atoms with Gasteiger partial charge in [0.15, 0.2) is 5.16 Å². The molecular formula is C20H21N5O5S2. The van der Waals surface area contributed by atoms with Crippen LogP contribution in [-0.4, -0.2) is 60.9 Å². The van der Waals surface area contributed by atoms with E-state index in [0.717, 1.165) is 11.8 Å². The largest absolute Gasteiger partial charge is 0.379 e. The van der Waals surface area contributed by atoms with E-state index in [9.17, 15) is 18.0 Å². The number of ether oxygens (including phenoxy) is 1. The molecule has 0 saturated carbocycles. The number of thioether (sulfide) groups is 1. The van der Waals surface area contributed by atoms with Crippen molar-refractivity contribution in [3.8, 4) is 5.69 Å². The van der Waals surface area contributed by atoms with Crippen LogP contribution in [0.3, 0.4) is 0 Å². The summed E-state index contributed by atoms with van der Waals surface area (Å²) in [6, 6.07) is 12.5. The van der Waals surface area contributed by atoms with E-state index in [1.807, 2.05) is 0 Å². The number of nitrogens with one attached hydrogen (secondary N) is 1. The van der Waals surface area contributed by atoms with E-state index < -0.39 is 10.0 Å². The fourth-order valence-corrected chi connectivity index (χ4v) is 4.56. The second-order valence-corrected chi connectivity index (χ2v) is 9.52. The minimum Gasteiger partial charge on any atom is -0.379 e. The molecule has 2 heterocycles. The highest BCUT2D eigenvalue weighted by Gasteiger charge is 2.17. The maximum Gasteiger partial charge on any atom is 0.266 e. The van der Waals surface area contributed by atoms with Gasteiger partial charge in [-0.3, -0.25) is 19.6 Å². The Bertz CT molecular complexity index is 1300. The van der Waals surface area contributed by atoms with Gasteiger partial charge in [-0.15, -0.1) is 0 Å². The van der Waals surface area contributed by atoms with Crippen molar-refractivity contribution in [2.45, 2.75) is 10.1 Å². The van der Waals surface area contributed by atoms with E-state index in [0.29, 0.717) is 48.1 Å². The lowest BCUT2D eigenvalue weighted by Gasteiger charge is -2.26. The molecule has 10 nitrogen and oxygen atoms in total. The van der Waals surface area contributed by atoms with Crippen LogP contribution in [0.2, 0.25) is 0 Å². The quantitative estimate of drug-likeness (QED) is 0.388. The predicted molar refractivity (Wildman–Crippen MR) is 120 cm³/mol. The number of hydrogen-bond donors (Lipinski definition) is 2. The zero-order valence-electron chi connectivity index (χ0n) is 16.9. The number of benzene rings is 2. The lowest BCUT2D eigenvalue weighted by Crippen LogP contribution is -2.49. The second-order valence-electron chi connectivity index (χ2n) is 7.01. The number of primary sulfonamides is 1. The predicted octanol–water partition coefficient (Wildman–Crippen LogP) is 0.489. The molecule has 1 aliphatic heterocycles. The smallest absolute Gasteiger partial charge is 0.266 e. The lowest BCUT2D eigenvalue weighted by molar-refractivity contribution is -0.125. The first kappa shape index (κ1) is 22.4. The Morgan fingerprint density at radius 2 is 1.81 bits per heavy atom. The SMILES string of the molecule is NS(=O)(=O)c1ccc(-n2c(SCC(=O)NN3CCOCC3)nc3ccccc3c2=O)cc1. The van der Waals surface area contributed by atoms with Gasteiger partial charge in [0.2, 0.25) is 15.9 Å². The molecule has 1 aromatic heterocycles. The van der Waals surface area contributed by atoms with Crippen molar-refractivity contribution in [1.82, 2.24) is 20.0 Å². The number of carbonyl (C=O) groups is 1. The van der Waals surface area contributed by atoms with E-state index in [-0.39, 0.29) is 22.1 Å². The van der Waals surface area contributed by atoms with Crippen molar-refractivity contribution in [2.24, 2.45) is 5.14 Å². The molecule has 3 N–H and O–H groups in total. The normalized spacial score (nSPS) is 15.0. The van der Waals surface area contributed by atoms with E-state index in [2.05, 4.69) is 10.4 Å². The number of nitrogens with two attached hydrogens (primary N) is 1. The van der Waals surface area contributed by atoms with Gasteiger partial charge in [0, 0.05) is 13.1 Å². The molecule has 0 bridgehead atoms. The number of nitrogens with zero attached hydrogens (tertiary/aromatic N) is 3. The van der Waals surface area contributed by atoms with Crippen molar-refractivity contribution in [3.05, 3.63) is 58.9 Å². The summed E-state index contributed by atoms with van der Waals surface area (Å²) in [5.41, 5.74) is 3.42. The number of rotatable bonds is 6. The van der Waals surface area contributed by atoms with Crippen LogP contribution in [0.5, 0.6) is 0 Å². The van der Waals surface area contributed by atoms with E-state index in [1.165, 1.54) is 28.8 Å². The molecule has 1 fully saturated rings. The van der Waals surface area contributed by atoms with Crippen LogP contribution in [0.25, 0.3) is 16.6 Å². The number of fused-ring (bicyclic) bond motifs is 1. The van der Waals surface area contributed by atoms with Crippen LogP contribution in [0.4, 0.5) is 0 Å². The topological polar surface area (TPSA) is 137 Å². The zero-order valence-corrected chi connectivity index (χ0v) is 18.6. The molecule has 0 unspecified atom stereocenters. The molecule has 0 aliphatic carbocycles. The van der Waals surface area contributed by atoms with Crippen molar-refractivity contribution in [3.63, 3.8) is 0 Å². The van der Waals surface area contributed by atoms with Gasteiger partial charge >= 0.3 is 0 Å². The van der Waals surface area contributed by atoms with Gasteiger partial charge in [0.25, 0.3) is 5.56 Å². The summed E-state index contributed by atoms with van der Waals surface area (Å²) in [6.07, 6.45) is 0. The average molecular weight is 476 g/mol. The number of amides is 1. The fraction of sp³-hybridized carbons (Fsp3) is 0.250. The standard InChI is InChI=1S/C20H21N5O5S2/c21-32(28,29)15-7-5-14(6-8-15)25-19(27)16-3-1-2-4-17(16)22-20(25)31-13-18(26)23-24-9-11-30-12-10-24/h1-8H,9-13H2,(H,23,26)(H2,21,28,29). The third kappa shape index (κ3) is 5.00. The van der Waals surface area contributed by atoms with Crippen LogP contribution >= 0.6 is 11.8 Å². The van der Waals surface area contributed by atoms with Crippen molar-refractivity contribution in [1.29, 1.82) is 0 Å². The molecule has 3 aromatic rings. The number of morpholine rings is 1. The molecule has 1 amide bonds. The molecule has 0 radical (unpaired) electrons. The number of carbonyl (C=O) groups excluding carboxylic acids is 1. The van der Waals surface area contributed by atoms with Crippen LogP contribution in [0.15, 0.2) is 63.4 Å². The number of hydrazine groups is 1. The Kier molecular flexibility index (Phi) is 6.58. The maximum absolute atomic E-state index is 13.2. The molecule has 2 aromatic carbocycles. The Morgan fingerprint density at radius 3 is 2.50 bits per heavy atom.